The lowest BCUT2D eigenvalue weighted by Crippen LogP contribution is -2.38. The Labute approximate surface area is 153 Å². The molecule has 2 aromatic rings. The van der Waals surface area contributed by atoms with E-state index in [1.807, 2.05) is 24.3 Å². The Morgan fingerprint density at radius 2 is 2.00 bits per heavy atom. The standard InChI is InChI=1S/C19H22N2O4S/c22-19(9-8-18-7-3-13-25-18)20-11-4-14-26(23,24)21-12-10-16-5-1-2-6-17(16)15-21/h1-3,5-9,13H,4,10-12,14-15H2,(H,20,22)/b9-8+. The third-order valence-electron chi connectivity index (χ3n) is 4.31. The minimum Gasteiger partial charge on any atom is -0.465 e. The summed E-state index contributed by atoms with van der Waals surface area (Å²) in [5, 5.41) is 2.69. The molecule has 26 heavy (non-hydrogen) atoms. The second kappa shape index (κ2) is 8.33. The third kappa shape index (κ3) is 4.83. The molecule has 0 aliphatic carbocycles. The van der Waals surface area contributed by atoms with Crippen LogP contribution in [0.5, 0.6) is 0 Å². The number of carbonyl (C=O) groups is 1. The highest BCUT2D eigenvalue weighted by atomic mass is 32.2. The fraction of sp³-hybridized carbons (Fsp3) is 0.316. The zero-order valence-corrected chi connectivity index (χ0v) is 15.2. The van der Waals surface area contributed by atoms with Crippen LogP contribution in [-0.4, -0.2) is 37.5 Å². The van der Waals surface area contributed by atoms with Crippen molar-refractivity contribution in [2.24, 2.45) is 0 Å². The van der Waals surface area contributed by atoms with Gasteiger partial charge in [0, 0.05) is 25.7 Å². The molecule has 1 aliphatic heterocycles. The SMILES string of the molecule is O=C(/C=C/c1ccco1)NCCCS(=O)(=O)N1CCc2ccccc2C1. The molecule has 2 heterocycles. The van der Waals surface area contributed by atoms with Crippen molar-refractivity contribution in [2.45, 2.75) is 19.4 Å². The summed E-state index contributed by atoms with van der Waals surface area (Å²) < 4.78 is 31.6. The van der Waals surface area contributed by atoms with E-state index in [-0.39, 0.29) is 11.7 Å². The normalized spacial score (nSPS) is 15.1. The van der Waals surface area contributed by atoms with Gasteiger partial charge in [-0.2, -0.15) is 4.31 Å². The Hall–Kier alpha value is -2.38. The molecule has 6 nitrogen and oxygen atoms in total. The minimum absolute atomic E-state index is 0.0251. The molecule has 1 aromatic carbocycles. The van der Waals surface area contributed by atoms with Crippen molar-refractivity contribution < 1.29 is 17.6 Å². The molecular formula is C19H22N2O4S. The second-order valence-corrected chi connectivity index (χ2v) is 8.25. The Morgan fingerprint density at radius 3 is 2.77 bits per heavy atom. The van der Waals surface area contributed by atoms with Gasteiger partial charge in [-0.05, 0) is 42.2 Å². The van der Waals surface area contributed by atoms with Crippen molar-refractivity contribution >= 4 is 22.0 Å². The first kappa shape index (κ1) is 18.4. The molecule has 0 saturated heterocycles. The number of amides is 1. The summed E-state index contributed by atoms with van der Waals surface area (Å²) in [6.45, 7) is 1.25. The highest BCUT2D eigenvalue weighted by Crippen LogP contribution is 2.21. The molecule has 3 rings (SSSR count). The van der Waals surface area contributed by atoms with Gasteiger partial charge >= 0.3 is 0 Å². The zero-order chi connectivity index (χ0) is 18.4. The van der Waals surface area contributed by atoms with Crippen LogP contribution >= 0.6 is 0 Å². The van der Waals surface area contributed by atoms with E-state index in [1.165, 1.54) is 22.2 Å². The number of hydrogen-bond acceptors (Lipinski definition) is 4. The number of nitrogens with one attached hydrogen (secondary N) is 1. The van der Waals surface area contributed by atoms with Crippen LogP contribution in [0, 0.1) is 0 Å². The molecule has 1 aliphatic rings. The van der Waals surface area contributed by atoms with E-state index >= 15 is 0 Å². The van der Waals surface area contributed by atoms with Gasteiger partial charge in [0.05, 0.1) is 12.0 Å². The largest absolute Gasteiger partial charge is 0.465 e. The lowest BCUT2D eigenvalue weighted by atomic mass is 10.0. The van der Waals surface area contributed by atoms with Crippen LogP contribution in [0.3, 0.4) is 0 Å². The van der Waals surface area contributed by atoms with Gasteiger partial charge in [-0.25, -0.2) is 8.42 Å². The lowest BCUT2D eigenvalue weighted by Gasteiger charge is -2.28. The Balaban J connectivity index is 1.43. The summed E-state index contributed by atoms with van der Waals surface area (Å²) in [6, 6.07) is 11.4. The van der Waals surface area contributed by atoms with Crippen molar-refractivity contribution in [3.8, 4) is 0 Å². The summed E-state index contributed by atoms with van der Waals surface area (Å²) >= 11 is 0. The van der Waals surface area contributed by atoms with E-state index in [9.17, 15) is 13.2 Å². The van der Waals surface area contributed by atoms with Crippen molar-refractivity contribution in [2.75, 3.05) is 18.8 Å². The van der Waals surface area contributed by atoms with E-state index in [1.54, 1.807) is 18.2 Å². The predicted octanol–water partition coefficient (Wildman–Crippen LogP) is 2.19. The quantitative estimate of drug-likeness (QED) is 0.595. The van der Waals surface area contributed by atoms with E-state index in [4.69, 9.17) is 4.42 Å². The molecular weight excluding hydrogens is 352 g/mol. The molecule has 1 N–H and O–H groups in total. The molecule has 1 aromatic heterocycles. The summed E-state index contributed by atoms with van der Waals surface area (Å²) in [6.07, 6.45) is 5.58. The topological polar surface area (TPSA) is 79.6 Å². The first-order chi connectivity index (χ1) is 12.5. The van der Waals surface area contributed by atoms with E-state index in [0.29, 0.717) is 31.8 Å². The minimum atomic E-state index is -3.32. The summed E-state index contributed by atoms with van der Waals surface area (Å²) in [7, 11) is -3.32. The Kier molecular flexibility index (Phi) is 5.90. The fourth-order valence-electron chi connectivity index (χ4n) is 2.91. The smallest absolute Gasteiger partial charge is 0.244 e. The van der Waals surface area contributed by atoms with Gasteiger partial charge in [-0.15, -0.1) is 0 Å². The molecule has 0 unspecified atom stereocenters. The van der Waals surface area contributed by atoms with Gasteiger partial charge in [0.2, 0.25) is 15.9 Å². The Morgan fingerprint density at radius 1 is 1.19 bits per heavy atom. The van der Waals surface area contributed by atoms with Gasteiger partial charge in [0.1, 0.15) is 5.76 Å². The average molecular weight is 374 g/mol. The predicted molar refractivity (Wildman–Crippen MR) is 99.7 cm³/mol. The number of benzene rings is 1. The number of sulfonamides is 1. The fourth-order valence-corrected chi connectivity index (χ4v) is 4.38. The van der Waals surface area contributed by atoms with E-state index in [2.05, 4.69) is 5.32 Å². The maximum absolute atomic E-state index is 12.5. The van der Waals surface area contributed by atoms with Gasteiger partial charge in [-0.1, -0.05) is 24.3 Å². The van der Waals surface area contributed by atoms with E-state index in [0.717, 1.165) is 12.0 Å². The summed E-state index contributed by atoms with van der Waals surface area (Å²) in [5.74, 6) is 0.343. The van der Waals surface area contributed by atoms with Gasteiger partial charge in [-0.3, -0.25) is 4.79 Å². The maximum atomic E-state index is 12.5. The van der Waals surface area contributed by atoms with Crippen molar-refractivity contribution in [3.63, 3.8) is 0 Å². The molecule has 0 bridgehead atoms. The zero-order valence-electron chi connectivity index (χ0n) is 14.4. The van der Waals surface area contributed by atoms with Crippen molar-refractivity contribution in [1.29, 1.82) is 0 Å². The number of furan rings is 1. The van der Waals surface area contributed by atoms with Gasteiger partial charge in [0.25, 0.3) is 0 Å². The first-order valence-electron chi connectivity index (χ1n) is 8.59. The van der Waals surface area contributed by atoms with Crippen molar-refractivity contribution in [3.05, 3.63) is 65.6 Å². The Bertz CT molecular complexity index is 873. The molecule has 0 spiro atoms. The van der Waals surface area contributed by atoms with E-state index < -0.39 is 10.0 Å². The van der Waals surface area contributed by atoms with Crippen LogP contribution in [-0.2, 0) is 27.8 Å². The summed E-state index contributed by atoms with van der Waals surface area (Å²) in [4.78, 5) is 11.7. The third-order valence-corrected chi connectivity index (χ3v) is 6.21. The van der Waals surface area contributed by atoms with Crippen LogP contribution in [0.15, 0.2) is 53.2 Å². The van der Waals surface area contributed by atoms with Crippen LogP contribution < -0.4 is 5.32 Å². The number of fused-ring (bicyclic) bond motifs is 1. The van der Waals surface area contributed by atoms with Crippen LogP contribution in [0.4, 0.5) is 0 Å². The molecule has 138 valence electrons. The first-order valence-corrected chi connectivity index (χ1v) is 10.2. The van der Waals surface area contributed by atoms with Crippen LogP contribution in [0.25, 0.3) is 6.08 Å². The number of carbonyl (C=O) groups excluding carboxylic acids is 1. The number of rotatable bonds is 7. The molecule has 0 atom stereocenters. The number of nitrogens with zero attached hydrogens (tertiary/aromatic N) is 1. The van der Waals surface area contributed by atoms with Gasteiger partial charge in [0.15, 0.2) is 0 Å². The number of hydrogen-bond donors (Lipinski definition) is 1. The van der Waals surface area contributed by atoms with Crippen molar-refractivity contribution in [1.82, 2.24) is 9.62 Å². The monoisotopic (exact) mass is 374 g/mol. The average Bonchev–Trinajstić information content (AvgIpc) is 3.17. The molecule has 7 heteroatoms. The summed E-state index contributed by atoms with van der Waals surface area (Å²) in [5.41, 5.74) is 2.29. The van der Waals surface area contributed by atoms with Crippen LogP contribution in [0.2, 0.25) is 0 Å². The molecule has 0 fully saturated rings. The highest BCUT2D eigenvalue weighted by Gasteiger charge is 2.25. The molecule has 1 amide bonds. The lowest BCUT2D eigenvalue weighted by molar-refractivity contribution is -0.116. The van der Waals surface area contributed by atoms with Crippen LogP contribution in [0.1, 0.15) is 23.3 Å². The van der Waals surface area contributed by atoms with Gasteiger partial charge < -0.3 is 9.73 Å². The highest BCUT2D eigenvalue weighted by molar-refractivity contribution is 7.89. The maximum Gasteiger partial charge on any atom is 0.244 e. The molecule has 0 radical (unpaired) electrons. The molecule has 0 saturated carbocycles. The second-order valence-electron chi connectivity index (χ2n) is 6.16.